The van der Waals surface area contributed by atoms with Crippen LogP contribution < -0.4 is 14.8 Å². The Morgan fingerprint density at radius 2 is 1.94 bits per heavy atom. The van der Waals surface area contributed by atoms with E-state index in [-0.39, 0.29) is 18.0 Å². The molecule has 6 nitrogen and oxygen atoms in total. The Morgan fingerprint density at radius 3 is 2.75 bits per heavy atom. The number of ether oxygens (including phenoxy) is 2. The molecule has 0 bridgehead atoms. The van der Waals surface area contributed by atoms with Crippen molar-refractivity contribution in [3.63, 3.8) is 0 Å². The highest BCUT2D eigenvalue weighted by atomic mass is 19.1. The van der Waals surface area contributed by atoms with Gasteiger partial charge in [0, 0.05) is 23.6 Å². The minimum absolute atomic E-state index is 0.00944. The molecule has 3 aromatic carbocycles. The molecular formula is C29H26FN3O3. The first-order chi connectivity index (χ1) is 17.6. The lowest BCUT2D eigenvalue weighted by atomic mass is 10.1. The number of aromatic amines is 1. The van der Waals surface area contributed by atoms with Gasteiger partial charge in [0.1, 0.15) is 24.1 Å². The maximum Gasteiger partial charge on any atom is 0.261 e. The molecule has 0 aliphatic carbocycles. The summed E-state index contributed by atoms with van der Waals surface area (Å²) in [6, 6.07) is 21.3. The SMILES string of the molecule is CCOc1cc(/C=C(/C#N)C(=O)NCCc2c[nH]c3ccccc23)ccc1OCc1cccc(F)c1. The van der Waals surface area contributed by atoms with E-state index in [1.807, 2.05) is 43.5 Å². The van der Waals surface area contributed by atoms with Crippen LogP contribution in [0.15, 0.2) is 78.5 Å². The lowest BCUT2D eigenvalue weighted by Crippen LogP contribution is -2.26. The van der Waals surface area contributed by atoms with Gasteiger partial charge >= 0.3 is 0 Å². The number of benzene rings is 3. The van der Waals surface area contributed by atoms with Crippen molar-refractivity contribution in [2.45, 2.75) is 20.0 Å². The molecule has 0 saturated heterocycles. The van der Waals surface area contributed by atoms with Gasteiger partial charge < -0.3 is 19.8 Å². The zero-order valence-corrected chi connectivity index (χ0v) is 19.9. The van der Waals surface area contributed by atoms with Crippen molar-refractivity contribution in [2.75, 3.05) is 13.2 Å². The van der Waals surface area contributed by atoms with Crippen LogP contribution in [-0.4, -0.2) is 24.0 Å². The predicted molar refractivity (Wildman–Crippen MR) is 137 cm³/mol. The molecule has 1 heterocycles. The number of amides is 1. The number of fused-ring (bicyclic) bond motifs is 1. The molecular weight excluding hydrogens is 457 g/mol. The topological polar surface area (TPSA) is 87.1 Å². The van der Waals surface area contributed by atoms with E-state index < -0.39 is 5.91 Å². The number of halogens is 1. The second kappa shape index (κ2) is 11.7. The lowest BCUT2D eigenvalue weighted by molar-refractivity contribution is -0.117. The number of nitriles is 1. The molecule has 0 unspecified atom stereocenters. The molecule has 0 fully saturated rings. The van der Waals surface area contributed by atoms with Crippen molar-refractivity contribution in [1.29, 1.82) is 5.26 Å². The van der Waals surface area contributed by atoms with Crippen molar-refractivity contribution < 1.29 is 18.7 Å². The van der Waals surface area contributed by atoms with Gasteiger partial charge in [-0.1, -0.05) is 36.4 Å². The third kappa shape index (κ3) is 6.10. The molecule has 0 aliphatic rings. The summed E-state index contributed by atoms with van der Waals surface area (Å²) in [6.07, 6.45) is 4.09. The summed E-state index contributed by atoms with van der Waals surface area (Å²) >= 11 is 0. The molecule has 4 aromatic rings. The van der Waals surface area contributed by atoms with Gasteiger partial charge in [0.05, 0.1) is 6.61 Å². The third-order valence-electron chi connectivity index (χ3n) is 5.58. The number of rotatable bonds is 10. The molecule has 1 amide bonds. The summed E-state index contributed by atoms with van der Waals surface area (Å²) < 4.78 is 24.9. The van der Waals surface area contributed by atoms with E-state index in [9.17, 15) is 14.4 Å². The molecule has 0 atom stereocenters. The normalized spacial score (nSPS) is 11.2. The first kappa shape index (κ1) is 24.6. The Bertz CT molecular complexity index is 1440. The minimum atomic E-state index is -0.443. The number of hydrogen-bond donors (Lipinski definition) is 2. The van der Waals surface area contributed by atoms with Crippen LogP contribution in [-0.2, 0) is 17.8 Å². The van der Waals surface area contributed by atoms with Crippen LogP contribution in [0.3, 0.4) is 0 Å². The van der Waals surface area contributed by atoms with Gasteiger partial charge in [0.15, 0.2) is 11.5 Å². The quantitative estimate of drug-likeness (QED) is 0.229. The fourth-order valence-corrected chi connectivity index (χ4v) is 3.85. The minimum Gasteiger partial charge on any atom is -0.490 e. The van der Waals surface area contributed by atoms with E-state index in [1.165, 1.54) is 18.2 Å². The van der Waals surface area contributed by atoms with E-state index in [1.54, 1.807) is 30.3 Å². The van der Waals surface area contributed by atoms with Crippen molar-refractivity contribution in [2.24, 2.45) is 0 Å². The maximum absolute atomic E-state index is 13.4. The second-order valence-electron chi connectivity index (χ2n) is 8.09. The molecule has 4 rings (SSSR count). The zero-order valence-electron chi connectivity index (χ0n) is 19.9. The zero-order chi connectivity index (χ0) is 25.3. The summed E-state index contributed by atoms with van der Waals surface area (Å²) in [5, 5.41) is 13.5. The van der Waals surface area contributed by atoms with E-state index in [2.05, 4.69) is 10.3 Å². The Labute approximate surface area is 209 Å². The summed E-state index contributed by atoms with van der Waals surface area (Å²) in [5.74, 6) is 0.187. The molecule has 0 radical (unpaired) electrons. The fraction of sp³-hybridized carbons (Fsp3) is 0.172. The van der Waals surface area contributed by atoms with E-state index in [4.69, 9.17) is 9.47 Å². The van der Waals surface area contributed by atoms with E-state index >= 15 is 0 Å². The first-order valence-corrected chi connectivity index (χ1v) is 11.7. The molecule has 1 aromatic heterocycles. The lowest BCUT2D eigenvalue weighted by Gasteiger charge is -2.13. The van der Waals surface area contributed by atoms with Crippen LogP contribution in [0.1, 0.15) is 23.6 Å². The highest BCUT2D eigenvalue weighted by Gasteiger charge is 2.12. The number of aromatic nitrogens is 1. The molecule has 7 heteroatoms. The molecule has 36 heavy (non-hydrogen) atoms. The van der Waals surface area contributed by atoms with Gasteiger partial charge in [-0.25, -0.2) is 4.39 Å². The van der Waals surface area contributed by atoms with Crippen molar-refractivity contribution >= 4 is 22.9 Å². The number of carbonyl (C=O) groups excluding carboxylic acids is 1. The highest BCUT2D eigenvalue weighted by molar-refractivity contribution is 6.01. The van der Waals surface area contributed by atoms with Crippen LogP contribution in [0.4, 0.5) is 4.39 Å². The number of H-pyrrole nitrogens is 1. The summed E-state index contributed by atoms with van der Waals surface area (Å²) in [7, 11) is 0. The van der Waals surface area contributed by atoms with Crippen molar-refractivity contribution in [3.05, 3.63) is 101 Å². The number of nitrogens with one attached hydrogen (secondary N) is 2. The van der Waals surface area contributed by atoms with Crippen LogP contribution in [0.5, 0.6) is 11.5 Å². The number of hydrogen-bond acceptors (Lipinski definition) is 4. The van der Waals surface area contributed by atoms with Gasteiger partial charge in [-0.3, -0.25) is 4.79 Å². The van der Waals surface area contributed by atoms with Gasteiger partial charge in [-0.15, -0.1) is 0 Å². The van der Waals surface area contributed by atoms with Crippen LogP contribution in [0, 0.1) is 17.1 Å². The summed E-state index contributed by atoms with van der Waals surface area (Å²) in [5.41, 5.74) is 3.45. The van der Waals surface area contributed by atoms with Crippen LogP contribution in [0.25, 0.3) is 17.0 Å². The Balaban J connectivity index is 1.41. The maximum atomic E-state index is 13.4. The number of carbonyl (C=O) groups is 1. The number of para-hydroxylation sites is 1. The van der Waals surface area contributed by atoms with Crippen LogP contribution >= 0.6 is 0 Å². The fourth-order valence-electron chi connectivity index (χ4n) is 3.85. The van der Waals surface area contributed by atoms with Gasteiger partial charge in [0.25, 0.3) is 5.91 Å². The van der Waals surface area contributed by atoms with Crippen molar-refractivity contribution in [3.8, 4) is 17.6 Å². The molecule has 2 N–H and O–H groups in total. The first-order valence-electron chi connectivity index (χ1n) is 11.7. The monoisotopic (exact) mass is 483 g/mol. The van der Waals surface area contributed by atoms with Gasteiger partial charge in [-0.05, 0) is 66.4 Å². The molecule has 0 aliphatic heterocycles. The average Bonchev–Trinajstić information content (AvgIpc) is 3.30. The third-order valence-corrected chi connectivity index (χ3v) is 5.58. The smallest absolute Gasteiger partial charge is 0.261 e. The Morgan fingerprint density at radius 1 is 1.08 bits per heavy atom. The highest BCUT2D eigenvalue weighted by Crippen LogP contribution is 2.30. The summed E-state index contributed by atoms with van der Waals surface area (Å²) in [4.78, 5) is 15.9. The van der Waals surface area contributed by atoms with Gasteiger partial charge in [0.2, 0.25) is 0 Å². The predicted octanol–water partition coefficient (Wildman–Crippen LogP) is 5.55. The molecule has 0 spiro atoms. The van der Waals surface area contributed by atoms with Crippen LogP contribution in [0.2, 0.25) is 0 Å². The molecule has 0 saturated carbocycles. The Kier molecular flexibility index (Phi) is 7.99. The molecule has 182 valence electrons. The Hall–Kier alpha value is -4.57. The van der Waals surface area contributed by atoms with E-state index in [0.717, 1.165) is 16.5 Å². The number of nitrogens with zero attached hydrogens (tertiary/aromatic N) is 1. The average molecular weight is 484 g/mol. The van der Waals surface area contributed by atoms with E-state index in [0.29, 0.717) is 42.2 Å². The van der Waals surface area contributed by atoms with Crippen molar-refractivity contribution in [1.82, 2.24) is 10.3 Å². The largest absolute Gasteiger partial charge is 0.490 e. The summed E-state index contributed by atoms with van der Waals surface area (Å²) in [6.45, 7) is 2.83. The van der Waals surface area contributed by atoms with Gasteiger partial charge in [-0.2, -0.15) is 5.26 Å². The second-order valence-corrected chi connectivity index (χ2v) is 8.09. The standard InChI is InChI=1S/C29H26FN3O3/c1-2-35-28-16-20(10-11-27(28)36-19-21-6-5-7-24(30)15-21)14-23(17-31)29(34)32-13-12-22-18-33-26-9-4-3-8-25(22)26/h3-11,14-16,18,33H,2,12-13,19H2,1H3,(H,32,34)/b23-14-.